The molecule has 0 aromatic heterocycles. The third-order valence-electron chi connectivity index (χ3n) is 2.06. The Kier molecular flexibility index (Phi) is 2.49. The molecule has 0 fully saturated rings. The second kappa shape index (κ2) is 3.96. The summed E-state index contributed by atoms with van der Waals surface area (Å²) in [4.78, 5) is 13.0. The van der Waals surface area contributed by atoms with Crippen LogP contribution < -0.4 is 0 Å². The van der Waals surface area contributed by atoms with E-state index >= 15 is 0 Å². The largest absolute Gasteiger partial charge is 0.490 e. The molecule has 14 heavy (non-hydrogen) atoms. The predicted octanol–water partition coefficient (Wildman–Crippen LogP) is 1.52. The molecule has 0 unspecified atom stereocenters. The van der Waals surface area contributed by atoms with Crippen molar-refractivity contribution in [2.45, 2.75) is 6.54 Å². The van der Waals surface area contributed by atoms with Gasteiger partial charge in [0.1, 0.15) is 0 Å². The van der Waals surface area contributed by atoms with E-state index in [0.717, 1.165) is 5.56 Å². The van der Waals surface area contributed by atoms with E-state index in [1.807, 2.05) is 30.3 Å². The fourth-order valence-electron chi connectivity index (χ4n) is 1.32. The molecule has 0 aliphatic carbocycles. The number of hydrogen-bond acceptors (Lipinski definition) is 2. The molecule has 0 bridgehead atoms. The fourth-order valence-corrected chi connectivity index (χ4v) is 1.32. The number of carbonyl (C=O) groups is 1. The molecule has 2 rings (SSSR count). The van der Waals surface area contributed by atoms with E-state index in [9.17, 15) is 4.79 Å². The number of ether oxygens (including phenoxy) is 1. The highest BCUT2D eigenvalue weighted by Gasteiger charge is 2.14. The van der Waals surface area contributed by atoms with Gasteiger partial charge in [-0.1, -0.05) is 30.3 Å². The van der Waals surface area contributed by atoms with Crippen LogP contribution in [-0.2, 0) is 16.1 Å². The van der Waals surface area contributed by atoms with Crippen molar-refractivity contribution < 1.29 is 9.53 Å². The first-order valence-electron chi connectivity index (χ1n) is 4.48. The van der Waals surface area contributed by atoms with E-state index in [0.29, 0.717) is 6.54 Å². The Morgan fingerprint density at radius 1 is 1.29 bits per heavy atom. The Balaban J connectivity index is 2.07. The van der Waals surface area contributed by atoms with Gasteiger partial charge in [-0.05, 0) is 5.56 Å². The van der Waals surface area contributed by atoms with Crippen LogP contribution in [0.3, 0.4) is 0 Å². The Labute approximate surface area is 82.6 Å². The van der Waals surface area contributed by atoms with Gasteiger partial charge in [-0.2, -0.15) is 0 Å². The highest BCUT2D eigenvalue weighted by molar-refractivity contribution is 5.79. The fraction of sp³-hybridized carbons (Fsp3) is 0.182. The van der Waals surface area contributed by atoms with Crippen LogP contribution in [0.25, 0.3) is 0 Å². The van der Waals surface area contributed by atoms with Crippen LogP contribution in [0.4, 0.5) is 0 Å². The first kappa shape index (κ1) is 8.81. The van der Waals surface area contributed by atoms with Crippen molar-refractivity contribution in [3.63, 3.8) is 0 Å². The maximum atomic E-state index is 11.3. The van der Waals surface area contributed by atoms with Gasteiger partial charge in [-0.15, -0.1) is 0 Å². The summed E-state index contributed by atoms with van der Waals surface area (Å²) >= 11 is 0. The zero-order valence-electron chi connectivity index (χ0n) is 7.72. The molecule has 3 heteroatoms. The molecule has 1 aromatic rings. The van der Waals surface area contributed by atoms with E-state index in [1.165, 1.54) is 0 Å². The molecule has 0 saturated heterocycles. The molecule has 1 amide bonds. The second-order valence-electron chi connectivity index (χ2n) is 3.10. The van der Waals surface area contributed by atoms with E-state index in [4.69, 9.17) is 4.74 Å². The summed E-state index contributed by atoms with van der Waals surface area (Å²) in [5, 5.41) is 0. The van der Waals surface area contributed by atoms with Crippen LogP contribution in [-0.4, -0.2) is 17.4 Å². The van der Waals surface area contributed by atoms with Gasteiger partial charge < -0.3 is 9.64 Å². The molecule has 0 saturated carbocycles. The molecule has 0 N–H and O–H groups in total. The van der Waals surface area contributed by atoms with Gasteiger partial charge >= 0.3 is 0 Å². The molecule has 1 aromatic carbocycles. The van der Waals surface area contributed by atoms with Crippen molar-refractivity contribution in [3.8, 4) is 0 Å². The third kappa shape index (κ3) is 1.93. The van der Waals surface area contributed by atoms with Crippen molar-refractivity contribution in [2.24, 2.45) is 0 Å². The first-order valence-corrected chi connectivity index (χ1v) is 4.48. The normalized spacial score (nSPS) is 15.4. The van der Waals surface area contributed by atoms with Crippen molar-refractivity contribution in [3.05, 3.63) is 48.4 Å². The highest BCUT2D eigenvalue weighted by Crippen LogP contribution is 2.08. The first-order chi connectivity index (χ1) is 6.86. The molecular weight excluding hydrogens is 178 g/mol. The lowest BCUT2D eigenvalue weighted by Crippen LogP contribution is -2.31. The maximum Gasteiger partial charge on any atom is 0.264 e. The van der Waals surface area contributed by atoms with E-state index in [-0.39, 0.29) is 12.5 Å². The topological polar surface area (TPSA) is 29.5 Å². The Morgan fingerprint density at radius 3 is 2.79 bits per heavy atom. The number of nitrogens with zero attached hydrogens (tertiary/aromatic N) is 1. The summed E-state index contributed by atoms with van der Waals surface area (Å²) in [6.07, 6.45) is 3.21. The highest BCUT2D eigenvalue weighted by atomic mass is 16.5. The maximum absolute atomic E-state index is 11.3. The van der Waals surface area contributed by atoms with E-state index in [2.05, 4.69) is 0 Å². The molecule has 1 heterocycles. The van der Waals surface area contributed by atoms with Crippen LogP contribution in [0, 0.1) is 0 Å². The molecule has 3 nitrogen and oxygen atoms in total. The number of rotatable bonds is 2. The van der Waals surface area contributed by atoms with Crippen molar-refractivity contribution in [2.75, 3.05) is 6.61 Å². The van der Waals surface area contributed by atoms with Gasteiger partial charge in [0.15, 0.2) is 6.61 Å². The smallest absolute Gasteiger partial charge is 0.264 e. The quantitative estimate of drug-likeness (QED) is 0.705. The molecule has 1 aliphatic rings. The summed E-state index contributed by atoms with van der Waals surface area (Å²) in [6.45, 7) is 0.753. The SMILES string of the molecule is O=C1COC=CN1Cc1ccccc1. The van der Waals surface area contributed by atoms with Crippen LogP contribution in [0.2, 0.25) is 0 Å². The molecule has 1 aliphatic heterocycles. The zero-order valence-corrected chi connectivity index (χ0v) is 7.72. The molecular formula is C11H11NO2. The monoisotopic (exact) mass is 189 g/mol. The van der Waals surface area contributed by atoms with Crippen LogP contribution in [0.1, 0.15) is 5.56 Å². The molecule has 72 valence electrons. The summed E-state index contributed by atoms with van der Waals surface area (Å²) in [6, 6.07) is 9.88. The minimum Gasteiger partial charge on any atom is -0.490 e. The average molecular weight is 189 g/mol. The average Bonchev–Trinajstić information content (AvgIpc) is 2.23. The number of benzene rings is 1. The van der Waals surface area contributed by atoms with E-state index in [1.54, 1.807) is 17.4 Å². The van der Waals surface area contributed by atoms with Crippen molar-refractivity contribution in [1.82, 2.24) is 4.90 Å². The lowest BCUT2D eigenvalue weighted by Gasteiger charge is -2.21. The number of carbonyl (C=O) groups excluding carboxylic acids is 1. The number of hydrogen-bond donors (Lipinski definition) is 0. The molecule has 0 radical (unpaired) electrons. The van der Waals surface area contributed by atoms with Gasteiger partial charge in [0.05, 0.1) is 12.8 Å². The minimum atomic E-state index is -0.00338. The summed E-state index contributed by atoms with van der Waals surface area (Å²) in [7, 11) is 0. The Hall–Kier alpha value is -1.77. The Bertz CT molecular complexity index is 346. The zero-order chi connectivity index (χ0) is 9.80. The van der Waals surface area contributed by atoms with Crippen LogP contribution >= 0.6 is 0 Å². The standard InChI is InChI=1S/C11H11NO2/c13-11-9-14-7-6-12(11)8-10-4-2-1-3-5-10/h1-7H,8-9H2. The van der Waals surface area contributed by atoms with Gasteiger partial charge in [0.2, 0.25) is 0 Å². The Morgan fingerprint density at radius 2 is 2.07 bits per heavy atom. The van der Waals surface area contributed by atoms with Gasteiger partial charge in [0, 0.05) is 6.20 Å². The summed E-state index contributed by atoms with van der Waals surface area (Å²) in [5.41, 5.74) is 1.12. The lowest BCUT2D eigenvalue weighted by atomic mass is 10.2. The third-order valence-corrected chi connectivity index (χ3v) is 2.06. The van der Waals surface area contributed by atoms with Crippen molar-refractivity contribution >= 4 is 5.91 Å². The van der Waals surface area contributed by atoms with E-state index < -0.39 is 0 Å². The summed E-state index contributed by atoms with van der Waals surface area (Å²) in [5.74, 6) is -0.00338. The van der Waals surface area contributed by atoms with Gasteiger partial charge in [-0.25, -0.2) is 0 Å². The van der Waals surface area contributed by atoms with Gasteiger partial charge in [0.25, 0.3) is 5.91 Å². The minimum absolute atomic E-state index is 0.00338. The van der Waals surface area contributed by atoms with Crippen LogP contribution in [0.15, 0.2) is 42.8 Å². The second-order valence-corrected chi connectivity index (χ2v) is 3.10. The predicted molar refractivity (Wildman–Crippen MR) is 52.1 cm³/mol. The molecule has 0 atom stereocenters. The molecule has 0 spiro atoms. The van der Waals surface area contributed by atoms with Gasteiger partial charge in [-0.3, -0.25) is 4.79 Å². The summed E-state index contributed by atoms with van der Waals surface area (Å²) < 4.78 is 4.88. The number of amides is 1. The lowest BCUT2D eigenvalue weighted by molar-refractivity contribution is -0.134. The van der Waals surface area contributed by atoms with Crippen molar-refractivity contribution in [1.29, 1.82) is 0 Å². The van der Waals surface area contributed by atoms with Crippen LogP contribution in [0.5, 0.6) is 0 Å².